The highest BCUT2D eigenvalue weighted by Gasteiger charge is 2.50. The predicted molar refractivity (Wildman–Crippen MR) is 180 cm³/mol. The van der Waals surface area contributed by atoms with Gasteiger partial charge in [-0.15, -0.1) is 0 Å². The molecule has 1 saturated heterocycles. The molecule has 44 heavy (non-hydrogen) atoms. The summed E-state index contributed by atoms with van der Waals surface area (Å²) in [6.45, 7) is 11.1. The Morgan fingerprint density at radius 3 is 2.32 bits per heavy atom. The van der Waals surface area contributed by atoms with E-state index in [1.807, 2.05) is 24.0 Å². The lowest BCUT2D eigenvalue weighted by Gasteiger charge is -2.44. The molecular weight excluding hydrogens is 565 g/mol. The Bertz CT molecular complexity index is 1600. The van der Waals surface area contributed by atoms with E-state index >= 15 is 0 Å². The fraction of sp³-hybridized carbons (Fsp3) is 0.333. The van der Waals surface area contributed by atoms with Crippen LogP contribution in [0.2, 0.25) is 5.04 Å². The summed E-state index contributed by atoms with van der Waals surface area (Å²) < 4.78 is 14.9. The minimum atomic E-state index is -2.65. The number of hydrogen-bond acceptors (Lipinski definition) is 6. The number of aryl methyl sites for hydroxylation is 1. The molecule has 0 amide bonds. The molecule has 4 aromatic rings. The van der Waals surface area contributed by atoms with Gasteiger partial charge >= 0.3 is 0 Å². The molecule has 7 nitrogen and oxygen atoms in total. The van der Waals surface area contributed by atoms with Crippen molar-refractivity contribution in [3.8, 4) is 11.4 Å². The molecule has 2 aliphatic rings. The first-order chi connectivity index (χ1) is 21.3. The Morgan fingerprint density at radius 2 is 1.70 bits per heavy atom. The van der Waals surface area contributed by atoms with E-state index in [1.165, 1.54) is 15.9 Å². The van der Waals surface area contributed by atoms with Crippen molar-refractivity contribution in [1.29, 1.82) is 0 Å². The van der Waals surface area contributed by atoms with Crippen molar-refractivity contribution >= 4 is 30.6 Å². The first-order valence-corrected chi connectivity index (χ1v) is 17.3. The average molecular weight is 607 g/mol. The second-order valence-corrected chi connectivity index (χ2v) is 17.0. The molecule has 0 saturated carbocycles. The van der Waals surface area contributed by atoms with Crippen molar-refractivity contribution in [3.05, 3.63) is 108 Å². The highest BCUT2D eigenvalue weighted by molar-refractivity contribution is 6.99. The number of fused-ring (bicyclic) bond motifs is 1. The summed E-state index contributed by atoms with van der Waals surface area (Å²) in [7, 11) is -0.950. The van der Waals surface area contributed by atoms with Gasteiger partial charge in [0, 0.05) is 12.7 Å². The van der Waals surface area contributed by atoms with Crippen molar-refractivity contribution in [2.24, 2.45) is 5.16 Å². The van der Waals surface area contributed by atoms with Gasteiger partial charge in [-0.2, -0.15) is 0 Å². The van der Waals surface area contributed by atoms with Crippen LogP contribution in [0.3, 0.4) is 0 Å². The molecule has 0 aliphatic carbocycles. The molecule has 2 aliphatic heterocycles. The summed E-state index contributed by atoms with van der Waals surface area (Å²) in [6, 6.07) is 27.8. The summed E-state index contributed by atoms with van der Waals surface area (Å²) >= 11 is 0. The molecule has 1 fully saturated rings. The topological polar surface area (TPSA) is 61.1 Å². The van der Waals surface area contributed by atoms with Crippen LogP contribution in [0, 0.1) is 6.92 Å². The van der Waals surface area contributed by atoms with E-state index in [0.717, 1.165) is 54.5 Å². The van der Waals surface area contributed by atoms with E-state index in [4.69, 9.17) is 19.2 Å². The molecule has 6 rings (SSSR count). The third-order valence-corrected chi connectivity index (χ3v) is 13.6. The Hall–Kier alpha value is -4.14. The molecule has 0 spiro atoms. The van der Waals surface area contributed by atoms with Crippen LogP contribution in [0.25, 0.3) is 11.8 Å². The number of ether oxygens (including phenoxy) is 1. The van der Waals surface area contributed by atoms with E-state index in [-0.39, 0.29) is 11.1 Å². The maximum absolute atomic E-state index is 7.17. The van der Waals surface area contributed by atoms with E-state index in [9.17, 15) is 0 Å². The second-order valence-electron chi connectivity index (χ2n) is 12.7. The SMILES string of the molecule is COc1cc(/C=C2\CCCN3CC(CO[Si](c4ccccc4)(c4ccccc4)C(C)(C)C)ON=C23)ccc1-n1cnc(C)c1. The Kier molecular flexibility index (Phi) is 8.47. The van der Waals surface area contributed by atoms with Gasteiger partial charge in [0.15, 0.2) is 11.9 Å². The molecule has 1 unspecified atom stereocenters. The van der Waals surface area contributed by atoms with Crippen molar-refractivity contribution in [2.75, 3.05) is 26.8 Å². The van der Waals surface area contributed by atoms with E-state index in [1.54, 1.807) is 7.11 Å². The zero-order valence-corrected chi connectivity index (χ0v) is 27.4. The van der Waals surface area contributed by atoms with Crippen LogP contribution in [0.1, 0.15) is 44.9 Å². The Morgan fingerprint density at radius 1 is 1.00 bits per heavy atom. The fourth-order valence-corrected chi connectivity index (χ4v) is 11.1. The number of methoxy groups -OCH3 is 1. The van der Waals surface area contributed by atoms with Gasteiger partial charge in [0.25, 0.3) is 8.32 Å². The van der Waals surface area contributed by atoms with Crippen molar-refractivity contribution in [1.82, 2.24) is 14.5 Å². The molecule has 3 aromatic carbocycles. The van der Waals surface area contributed by atoms with Crippen LogP contribution in [-0.2, 0) is 9.26 Å². The summed E-state index contributed by atoms with van der Waals surface area (Å²) in [5, 5.41) is 7.15. The number of nitrogens with zero attached hydrogens (tertiary/aromatic N) is 4. The quantitative estimate of drug-likeness (QED) is 0.232. The van der Waals surface area contributed by atoms with Crippen LogP contribution in [0.15, 0.2) is 102 Å². The van der Waals surface area contributed by atoms with Gasteiger partial charge in [-0.05, 0) is 64.5 Å². The van der Waals surface area contributed by atoms with Crippen LogP contribution in [0.4, 0.5) is 0 Å². The summed E-state index contributed by atoms with van der Waals surface area (Å²) in [4.78, 5) is 12.9. The lowest BCUT2D eigenvalue weighted by atomic mass is 9.99. The van der Waals surface area contributed by atoms with Crippen molar-refractivity contribution < 1.29 is 14.0 Å². The Balaban J connectivity index is 1.24. The standard InChI is InChI=1S/C36H42N4O3Si/c1-27-23-40(26-37-27)33-19-18-28(22-34(33)41-5)21-29-13-12-20-39-24-30(43-38-35(29)39)25-42-44(36(2,3)4,31-14-8-6-9-15-31)32-16-10-7-11-17-32/h6-11,14-19,21-23,26,30H,12-13,20,24-25H2,1-5H3/b29-21+. The number of piperidine rings is 1. The number of benzene rings is 3. The lowest BCUT2D eigenvalue weighted by molar-refractivity contribution is -0.00999. The molecular formula is C36H42N4O3Si. The van der Waals surface area contributed by atoms with Crippen molar-refractivity contribution in [2.45, 2.75) is 51.7 Å². The number of imidazole rings is 1. The maximum atomic E-state index is 7.17. The molecule has 3 heterocycles. The monoisotopic (exact) mass is 606 g/mol. The molecule has 1 atom stereocenters. The first-order valence-electron chi connectivity index (χ1n) is 15.4. The number of aromatic nitrogens is 2. The summed E-state index contributed by atoms with van der Waals surface area (Å²) in [5.41, 5.74) is 4.17. The summed E-state index contributed by atoms with van der Waals surface area (Å²) in [5.74, 6) is 1.72. The zero-order valence-electron chi connectivity index (χ0n) is 26.4. The Labute approximate surface area is 261 Å². The van der Waals surface area contributed by atoms with Gasteiger partial charge in [0.2, 0.25) is 0 Å². The largest absolute Gasteiger partial charge is 0.495 e. The van der Waals surface area contributed by atoms with E-state index in [2.05, 4.69) is 116 Å². The number of amidine groups is 1. The van der Waals surface area contributed by atoms with Gasteiger partial charge < -0.3 is 23.5 Å². The molecule has 0 N–H and O–H groups in total. The van der Waals surface area contributed by atoms with Gasteiger partial charge in [-0.3, -0.25) is 0 Å². The fourth-order valence-electron chi connectivity index (χ4n) is 6.53. The third-order valence-electron chi connectivity index (χ3n) is 8.61. The van der Waals surface area contributed by atoms with Gasteiger partial charge in [0.05, 0.1) is 38.0 Å². The molecule has 228 valence electrons. The smallest absolute Gasteiger partial charge is 0.261 e. The molecule has 1 aromatic heterocycles. The lowest BCUT2D eigenvalue weighted by Crippen LogP contribution is -2.67. The molecule has 8 heteroatoms. The van der Waals surface area contributed by atoms with Crippen molar-refractivity contribution in [3.63, 3.8) is 0 Å². The van der Waals surface area contributed by atoms with Crippen LogP contribution in [0.5, 0.6) is 5.75 Å². The minimum absolute atomic E-state index is 0.0901. The molecule has 0 bridgehead atoms. The number of oxime groups is 1. The molecule has 0 radical (unpaired) electrons. The predicted octanol–water partition coefficient (Wildman–Crippen LogP) is 5.96. The van der Waals surface area contributed by atoms with E-state index < -0.39 is 8.32 Å². The second kappa shape index (κ2) is 12.5. The highest BCUT2D eigenvalue weighted by Crippen LogP contribution is 2.37. The van der Waals surface area contributed by atoms with Crippen LogP contribution < -0.4 is 15.1 Å². The highest BCUT2D eigenvalue weighted by atomic mass is 28.4. The number of rotatable bonds is 8. The first kappa shape index (κ1) is 29.9. The van der Waals surface area contributed by atoms with Gasteiger partial charge in [-0.1, -0.05) is 92.7 Å². The average Bonchev–Trinajstić information content (AvgIpc) is 3.47. The van der Waals surface area contributed by atoms with Crippen LogP contribution in [-0.4, -0.2) is 61.5 Å². The zero-order chi connectivity index (χ0) is 30.7. The maximum Gasteiger partial charge on any atom is 0.261 e. The van der Waals surface area contributed by atoms with E-state index in [0.29, 0.717) is 6.61 Å². The normalized spacial score (nSPS) is 18.0. The third kappa shape index (κ3) is 5.84. The number of hydrogen-bond donors (Lipinski definition) is 0. The minimum Gasteiger partial charge on any atom is -0.495 e. The summed E-state index contributed by atoms with van der Waals surface area (Å²) in [6.07, 6.45) is 7.88. The van der Waals surface area contributed by atoms with Crippen LogP contribution >= 0.6 is 0 Å². The van der Waals surface area contributed by atoms with Gasteiger partial charge in [-0.25, -0.2) is 4.98 Å². The van der Waals surface area contributed by atoms with Gasteiger partial charge in [0.1, 0.15) is 5.75 Å².